The van der Waals surface area contributed by atoms with Gasteiger partial charge in [0.2, 0.25) is 0 Å². The third-order valence-corrected chi connectivity index (χ3v) is 17.0. The topological polar surface area (TPSA) is 23.0 Å². The van der Waals surface area contributed by atoms with Crippen molar-refractivity contribution in [1.29, 1.82) is 0 Å². The van der Waals surface area contributed by atoms with Crippen molar-refractivity contribution in [2.24, 2.45) is 0 Å². The summed E-state index contributed by atoms with van der Waals surface area (Å²) in [5, 5.41) is 12.3. The highest BCUT2D eigenvalue weighted by atomic mass is 28.3. The Morgan fingerprint density at radius 3 is 1.14 bits per heavy atom. The molecular formula is C54H36N2OSi. The molecule has 0 saturated carbocycles. The van der Waals surface area contributed by atoms with E-state index in [0.29, 0.717) is 0 Å². The smallest absolute Gasteiger partial charge is 0.184 e. The van der Waals surface area contributed by atoms with E-state index >= 15 is 0 Å². The van der Waals surface area contributed by atoms with Gasteiger partial charge in [-0.25, -0.2) is 0 Å². The molecule has 3 aromatic heterocycles. The quantitative estimate of drug-likeness (QED) is 0.122. The molecule has 0 aliphatic heterocycles. The summed E-state index contributed by atoms with van der Waals surface area (Å²) in [4.78, 5) is 0. The normalized spacial score (nSPS) is 12.1. The van der Waals surface area contributed by atoms with E-state index in [9.17, 15) is 0 Å². The number of rotatable bonds is 6. The van der Waals surface area contributed by atoms with Crippen LogP contribution in [0.3, 0.4) is 0 Å². The van der Waals surface area contributed by atoms with Crippen LogP contribution in [0.15, 0.2) is 223 Å². The van der Waals surface area contributed by atoms with Crippen LogP contribution in [0.25, 0.3) is 76.9 Å². The van der Waals surface area contributed by atoms with Gasteiger partial charge in [-0.3, -0.25) is 0 Å². The third-order valence-electron chi connectivity index (χ3n) is 12.2. The molecule has 3 nitrogen and oxygen atoms in total. The summed E-state index contributed by atoms with van der Waals surface area (Å²) in [7, 11) is -3.06. The van der Waals surface area contributed by atoms with Gasteiger partial charge in [-0.1, -0.05) is 164 Å². The molecule has 12 rings (SSSR count). The molecule has 0 saturated heterocycles. The predicted octanol–water partition coefficient (Wildman–Crippen LogP) is 11.2. The third kappa shape index (κ3) is 4.67. The Hall–Kier alpha value is -7.40. The largest absolute Gasteiger partial charge is 0.456 e. The Bertz CT molecular complexity index is 3300. The molecule has 0 bridgehead atoms. The lowest BCUT2D eigenvalue weighted by Crippen LogP contribution is -2.74. The van der Waals surface area contributed by atoms with Crippen LogP contribution in [0.2, 0.25) is 0 Å². The molecule has 12 aromatic rings. The molecule has 9 aromatic carbocycles. The second kappa shape index (κ2) is 12.8. The molecule has 272 valence electrons. The molecule has 0 amide bonds. The summed E-state index contributed by atoms with van der Waals surface area (Å²) >= 11 is 0. The molecule has 4 heteroatoms. The first-order valence-corrected chi connectivity index (χ1v) is 21.9. The Kier molecular flexibility index (Phi) is 7.25. The Morgan fingerprint density at radius 2 is 0.690 bits per heavy atom. The molecule has 0 radical (unpaired) electrons. The lowest BCUT2D eigenvalue weighted by molar-refractivity contribution is 0.671. The number of furan rings is 1. The van der Waals surface area contributed by atoms with Crippen LogP contribution >= 0.6 is 0 Å². The Balaban J connectivity index is 1.26. The lowest BCUT2D eigenvalue weighted by atomic mass is 10.1. The van der Waals surface area contributed by atoms with Crippen LogP contribution in [0.5, 0.6) is 0 Å². The van der Waals surface area contributed by atoms with Gasteiger partial charge in [0.05, 0.1) is 22.1 Å². The van der Waals surface area contributed by atoms with Crippen LogP contribution in [0.4, 0.5) is 0 Å². The minimum Gasteiger partial charge on any atom is -0.456 e. The summed E-state index contributed by atoms with van der Waals surface area (Å²) in [6, 6.07) is 80.1. The van der Waals surface area contributed by atoms with Crippen molar-refractivity contribution in [3.63, 3.8) is 0 Å². The van der Waals surface area contributed by atoms with Gasteiger partial charge >= 0.3 is 0 Å². The summed E-state index contributed by atoms with van der Waals surface area (Å²) in [6.45, 7) is 0. The highest BCUT2D eigenvalue weighted by molar-refractivity contribution is 7.20. The fourth-order valence-corrected chi connectivity index (χ4v) is 14.7. The monoisotopic (exact) mass is 756 g/mol. The van der Waals surface area contributed by atoms with Gasteiger partial charge in [-0.05, 0) is 75.3 Å². The van der Waals surface area contributed by atoms with E-state index < -0.39 is 8.07 Å². The van der Waals surface area contributed by atoms with E-state index in [2.05, 4.69) is 228 Å². The number of benzene rings is 9. The second-order valence-electron chi connectivity index (χ2n) is 15.2. The van der Waals surface area contributed by atoms with E-state index in [-0.39, 0.29) is 0 Å². The first kappa shape index (κ1) is 32.8. The molecule has 0 aliphatic carbocycles. The number of aromatic nitrogens is 2. The SMILES string of the molecule is c1ccc([Si](c2ccccc2)(c2ccccc2)c2cc(-n3c4ccccc4c4ccccc43)cc3c2oc2ccc(-n4c5ccccc5c5ccccc54)cc23)cc1. The van der Waals surface area contributed by atoms with Crippen LogP contribution in [-0.4, -0.2) is 17.2 Å². The van der Waals surface area contributed by atoms with Gasteiger partial charge < -0.3 is 13.6 Å². The van der Waals surface area contributed by atoms with E-state index in [0.717, 1.165) is 33.3 Å². The van der Waals surface area contributed by atoms with E-state index in [1.807, 2.05) is 0 Å². The fraction of sp³-hybridized carbons (Fsp3) is 0. The summed E-state index contributed by atoms with van der Waals surface area (Å²) in [5.74, 6) is 0. The molecule has 0 fully saturated rings. The summed E-state index contributed by atoms with van der Waals surface area (Å²) in [6.07, 6.45) is 0. The highest BCUT2D eigenvalue weighted by Crippen LogP contribution is 2.38. The van der Waals surface area contributed by atoms with Crippen molar-refractivity contribution >= 4 is 94.4 Å². The van der Waals surface area contributed by atoms with Gasteiger partial charge in [0.25, 0.3) is 0 Å². The van der Waals surface area contributed by atoms with Crippen LogP contribution in [0.1, 0.15) is 0 Å². The molecule has 58 heavy (non-hydrogen) atoms. The maximum absolute atomic E-state index is 7.26. The molecule has 0 unspecified atom stereocenters. The van der Waals surface area contributed by atoms with Gasteiger partial charge in [0, 0.05) is 43.7 Å². The second-order valence-corrected chi connectivity index (χ2v) is 19.0. The van der Waals surface area contributed by atoms with Gasteiger partial charge in [-0.15, -0.1) is 0 Å². The zero-order chi connectivity index (χ0) is 38.2. The zero-order valence-corrected chi connectivity index (χ0v) is 32.6. The van der Waals surface area contributed by atoms with Gasteiger partial charge in [0.1, 0.15) is 11.2 Å². The number of nitrogens with zero attached hydrogens (tertiary/aromatic N) is 2. The van der Waals surface area contributed by atoms with Crippen molar-refractivity contribution in [1.82, 2.24) is 9.13 Å². The van der Waals surface area contributed by atoms with Crippen LogP contribution in [-0.2, 0) is 0 Å². The molecule has 3 heterocycles. The number of hydrogen-bond donors (Lipinski definition) is 0. The fourth-order valence-electron chi connectivity index (χ4n) is 9.83. The number of fused-ring (bicyclic) bond motifs is 9. The van der Waals surface area contributed by atoms with Crippen molar-refractivity contribution < 1.29 is 4.42 Å². The number of para-hydroxylation sites is 4. The standard InChI is InChI=1S/C54H36N2OSi/c1-4-18-39(19-5-1)58(40-20-6-2-7-21-40,41-22-8-3-9-23-41)53-36-38(56-50-30-16-12-26-44(50)45-27-13-17-31-51(45)56)35-47-46-34-37(32-33-52(46)57-54(47)53)55-48-28-14-10-24-42(48)43-25-11-15-29-49(43)55/h1-36H. The molecule has 0 atom stereocenters. The zero-order valence-electron chi connectivity index (χ0n) is 31.6. The van der Waals surface area contributed by atoms with E-state index in [1.54, 1.807) is 0 Å². The Morgan fingerprint density at radius 1 is 0.310 bits per heavy atom. The van der Waals surface area contributed by atoms with Crippen LogP contribution in [0, 0.1) is 0 Å². The molecule has 0 spiro atoms. The molecular weight excluding hydrogens is 721 g/mol. The van der Waals surface area contributed by atoms with Crippen molar-refractivity contribution in [3.05, 3.63) is 218 Å². The maximum Gasteiger partial charge on any atom is 0.184 e. The maximum atomic E-state index is 7.26. The number of hydrogen-bond acceptors (Lipinski definition) is 1. The van der Waals surface area contributed by atoms with E-state index in [1.165, 1.54) is 64.4 Å². The minimum absolute atomic E-state index is 0.872. The summed E-state index contributed by atoms with van der Waals surface area (Å²) in [5.41, 5.74) is 8.76. The van der Waals surface area contributed by atoms with Crippen LogP contribution < -0.4 is 20.7 Å². The average Bonchev–Trinajstić information content (AvgIpc) is 3.95. The van der Waals surface area contributed by atoms with Gasteiger partial charge in [0.15, 0.2) is 8.07 Å². The van der Waals surface area contributed by atoms with Crippen molar-refractivity contribution in [3.8, 4) is 11.4 Å². The molecule has 0 aliphatic rings. The van der Waals surface area contributed by atoms with Crippen molar-refractivity contribution in [2.75, 3.05) is 0 Å². The van der Waals surface area contributed by atoms with Gasteiger partial charge in [-0.2, -0.15) is 0 Å². The average molecular weight is 757 g/mol. The minimum atomic E-state index is -3.06. The Labute approximate surface area is 336 Å². The first-order chi connectivity index (χ1) is 28.8. The summed E-state index contributed by atoms with van der Waals surface area (Å²) < 4.78 is 12.1. The first-order valence-electron chi connectivity index (χ1n) is 19.9. The van der Waals surface area contributed by atoms with E-state index in [4.69, 9.17) is 4.42 Å². The predicted molar refractivity (Wildman–Crippen MR) is 246 cm³/mol. The highest BCUT2D eigenvalue weighted by Gasteiger charge is 2.44. The van der Waals surface area contributed by atoms with Crippen molar-refractivity contribution in [2.45, 2.75) is 0 Å². The molecule has 0 N–H and O–H groups in total. The lowest BCUT2D eigenvalue weighted by Gasteiger charge is -2.34.